The summed E-state index contributed by atoms with van der Waals surface area (Å²) in [5, 5.41) is 3.99. The maximum Gasteiger partial charge on any atom is 0.343 e. The van der Waals surface area contributed by atoms with Crippen LogP contribution >= 0.6 is 0 Å². The molecule has 1 heterocycles. The second-order valence-corrected chi connectivity index (χ2v) is 7.79. The SMILES string of the molecule is CCCCOc1ccc(C(=O)Oc2ccc(/C=N\NC(=O)c3ccc4c(c3)OCO4)cc2OC)cc1. The quantitative estimate of drug-likeness (QED) is 0.146. The highest BCUT2D eigenvalue weighted by Crippen LogP contribution is 2.32. The van der Waals surface area contributed by atoms with Gasteiger partial charge in [0, 0.05) is 5.56 Å². The van der Waals surface area contributed by atoms with Crippen molar-refractivity contribution in [2.75, 3.05) is 20.5 Å². The molecule has 0 bridgehead atoms. The van der Waals surface area contributed by atoms with E-state index in [-0.39, 0.29) is 12.5 Å². The Labute approximate surface area is 208 Å². The fourth-order valence-electron chi connectivity index (χ4n) is 3.30. The van der Waals surface area contributed by atoms with Crippen LogP contribution in [0, 0.1) is 0 Å². The molecule has 1 aliphatic heterocycles. The number of ether oxygens (including phenoxy) is 5. The van der Waals surface area contributed by atoms with Crippen molar-refractivity contribution in [2.24, 2.45) is 5.10 Å². The summed E-state index contributed by atoms with van der Waals surface area (Å²) in [7, 11) is 1.47. The van der Waals surface area contributed by atoms with E-state index < -0.39 is 11.9 Å². The average Bonchev–Trinajstić information content (AvgIpc) is 3.38. The predicted octanol–water partition coefficient (Wildman–Crippen LogP) is 4.59. The fourth-order valence-corrected chi connectivity index (χ4v) is 3.30. The van der Waals surface area contributed by atoms with E-state index in [1.54, 1.807) is 60.7 Å². The van der Waals surface area contributed by atoms with Crippen LogP contribution in [0.5, 0.6) is 28.7 Å². The molecule has 0 spiro atoms. The van der Waals surface area contributed by atoms with Crippen LogP contribution in [-0.2, 0) is 0 Å². The van der Waals surface area contributed by atoms with Crippen LogP contribution in [0.2, 0.25) is 0 Å². The Balaban J connectivity index is 1.35. The number of hydrogen-bond acceptors (Lipinski definition) is 8. The molecule has 36 heavy (non-hydrogen) atoms. The molecule has 186 valence electrons. The van der Waals surface area contributed by atoms with Gasteiger partial charge in [-0.2, -0.15) is 5.10 Å². The lowest BCUT2D eigenvalue weighted by atomic mass is 10.2. The Morgan fingerprint density at radius 3 is 2.53 bits per heavy atom. The van der Waals surface area contributed by atoms with Gasteiger partial charge in [0.05, 0.1) is 25.5 Å². The van der Waals surface area contributed by atoms with Gasteiger partial charge in [0.2, 0.25) is 6.79 Å². The number of unbranched alkanes of at least 4 members (excludes halogenated alkanes) is 1. The third-order valence-electron chi connectivity index (χ3n) is 5.26. The lowest BCUT2D eigenvalue weighted by Gasteiger charge is -2.10. The normalized spacial score (nSPS) is 11.8. The highest BCUT2D eigenvalue weighted by molar-refractivity contribution is 5.95. The van der Waals surface area contributed by atoms with Crippen LogP contribution in [0.3, 0.4) is 0 Å². The van der Waals surface area contributed by atoms with Crippen LogP contribution < -0.4 is 29.1 Å². The maximum absolute atomic E-state index is 12.6. The number of nitrogens with zero attached hydrogens (tertiary/aromatic N) is 1. The van der Waals surface area contributed by atoms with E-state index in [1.165, 1.54) is 13.3 Å². The molecule has 1 aliphatic rings. The number of amides is 1. The van der Waals surface area contributed by atoms with Crippen molar-refractivity contribution >= 4 is 18.1 Å². The number of nitrogens with one attached hydrogen (secondary N) is 1. The van der Waals surface area contributed by atoms with Crippen molar-refractivity contribution in [3.05, 3.63) is 77.4 Å². The van der Waals surface area contributed by atoms with Gasteiger partial charge in [-0.25, -0.2) is 10.2 Å². The van der Waals surface area contributed by atoms with Crippen molar-refractivity contribution in [2.45, 2.75) is 19.8 Å². The second kappa shape index (κ2) is 11.7. The molecule has 4 rings (SSSR count). The molecule has 0 unspecified atom stereocenters. The van der Waals surface area contributed by atoms with Gasteiger partial charge in [-0.3, -0.25) is 4.79 Å². The van der Waals surface area contributed by atoms with Gasteiger partial charge >= 0.3 is 5.97 Å². The topological polar surface area (TPSA) is 105 Å². The minimum atomic E-state index is -0.522. The molecule has 9 heteroatoms. The van der Waals surface area contributed by atoms with Crippen molar-refractivity contribution in [3.63, 3.8) is 0 Å². The molecule has 0 radical (unpaired) electrons. The van der Waals surface area contributed by atoms with E-state index in [2.05, 4.69) is 17.5 Å². The summed E-state index contributed by atoms with van der Waals surface area (Å²) in [5.74, 6) is 1.48. The largest absolute Gasteiger partial charge is 0.494 e. The minimum absolute atomic E-state index is 0.131. The van der Waals surface area contributed by atoms with Crippen LogP contribution in [0.25, 0.3) is 0 Å². The first kappa shape index (κ1) is 24.6. The molecular weight excluding hydrogens is 464 g/mol. The van der Waals surface area contributed by atoms with E-state index in [0.29, 0.717) is 46.3 Å². The van der Waals surface area contributed by atoms with Gasteiger partial charge < -0.3 is 23.7 Å². The van der Waals surface area contributed by atoms with Gasteiger partial charge in [0.25, 0.3) is 5.91 Å². The monoisotopic (exact) mass is 490 g/mol. The van der Waals surface area contributed by atoms with Gasteiger partial charge in [0.15, 0.2) is 23.0 Å². The maximum atomic E-state index is 12.6. The Kier molecular flexibility index (Phi) is 8.02. The van der Waals surface area contributed by atoms with Gasteiger partial charge in [-0.05, 0) is 72.6 Å². The van der Waals surface area contributed by atoms with Crippen LogP contribution in [0.15, 0.2) is 65.8 Å². The van der Waals surface area contributed by atoms with Crippen LogP contribution in [-0.4, -0.2) is 38.6 Å². The lowest BCUT2D eigenvalue weighted by Crippen LogP contribution is -2.17. The Hall–Kier alpha value is -4.53. The lowest BCUT2D eigenvalue weighted by molar-refractivity contribution is 0.0729. The third kappa shape index (κ3) is 6.12. The first-order valence-corrected chi connectivity index (χ1v) is 11.4. The summed E-state index contributed by atoms with van der Waals surface area (Å²) in [6.45, 7) is 2.86. The molecule has 0 aliphatic carbocycles. The summed E-state index contributed by atoms with van der Waals surface area (Å²) in [6.07, 6.45) is 3.47. The number of hydrazone groups is 1. The molecule has 0 saturated carbocycles. The molecule has 0 aromatic heterocycles. The zero-order valence-corrected chi connectivity index (χ0v) is 20.0. The van der Waals surface area contributed by atoms with Crippen molar-refractivity contribution in [1.82, 2.24) is 5.43 Å². The van der Waals surface area contributed by atoms with E-state index in [9.17, 15) is 9.59 Å². The zero-order chi connectivity index (χ0) is 25.3. The number of methoxy groups -OCH3 is 1. The summed E-state index contributed by atoms with van der Waals surface area (Å²) in [6, 6.07) is 16.6. The molecule has 1 N–H and O–H groups in total. The van der Waals surface area contributed by atoms with Crippen molar-refractivity contribution in [3.8, 4) is 28.7 Å². The summed E-state index contributed by atoms with van der Waals surface area (Å²) >= 11 is 0. The third-order valence-corrected chi connectivity index (χ3v) is 5.26. The molecule has 3 aromatic carbocycles. The predicted molar refractivity (Wildman–Crippen MR) is 132 cm³/mol. The number of rotatable bonds is 10. The number of carbonyl (C=O) groups excluding carboxylic acids is 2. The highest BCUT2D eigenvalue weighted by atomic mass is 16.7. The number of fused-ring (bicyclic) bond motifs is 1. The molecule has 0 atom stereocenters. The minimum Gasteiger partial charge on any atom is -0.494 e. The van der Waals surface area contributed by atoms with E-state index in [0.717, 1.165) is 12.8 Å². The highest BCUT2D eigenvalue weighted by Gasteiger charge is 2.16. The number of carbonyl (C=O) groups is 2. The van der Waals surface area contributed by atoms with E-state index >= 15 is 0 Å². The average molecular weight is 491 g/mol. The smallest absolute Gasteiger partial charge is 0.343 e. The Morgan fingerprint density at radius 2 is 1.75 bits per heavy atom. The summed E-state index contributed by atoms with van der Waals surface area (Å²) < 4.78 is 27.0. The molecular formula is C27H26N2O7. The van der Waals surface area contributed by atoms with Gasteiger partial charge in [-0.1, -0.05) is 13.3 Å². The molecule has 1 amide bonds. The first-order valence-electron chi connectivity index (χ1n) is 11.4. The zero-order valence-electron chi connectivity index (χ0n) is 20.0. The van der Waals surface area contributed by atoms with Crippen LogP contribution in [0.4, 0.5) is 0 Å². The molecule has 0 fully saturated rings. The van der Waals surface area contributed by atoms with Crippen LogP contribution in [0.1, 0.15) is 46.0 Å². The van der Waals surface area contributed by atoms with Crippen molar-refractivity contribution in [1.29, 1.82) is 0 Å². The van der Waals surface area contributed by atoms with Crippen molar-refractivity contribution < 1.29 is 33.3 Å². The molecule has 3 aromatic rings. The summed E-state index contributed by atoms with van der Waals surface area (Å²) in [5.41, 5.74) is 3.87. The second-order valence-electron chi connectivity index (χ2n) is 7.79. The van der Waals surface area contributed by atoms with E-state index in [1.807, 2.05) is 0 Å². The number of esters is 1. The summed E-state index contributed by atoms with van der Waals surface area (Å²) in [4.78, 5) is 24.9. The molecule has 9 nitrogen and oxygen atoms in total. The van der Waals surface area contributed by atoms with E-state index in [4.69, 9.17) is 23.7 Å². The van der Waals surface area contributed by atoms with Gasteiger partial charge in [-0.15, -0.1) is 0 Å². The Bertz CT molecular complexity index is 1260. The number of benzene rings is 3. The first-order chi connectivity index (χ1) is 17.6. The Morgan fingerprint density at radius 1 is 0.972 bits per heavy atom. The fraction of sp³-hybridized carbons (Fsp3) is 0.222. The van der Waals surface area contributed by atoms with Gasteiger partial charge in [0.1, 0.15) is 5.75 Å². The molecule has 0 saturated heterocycles. The standard InChI is InChI=1S/C27H26N2O7/c1-3-4-13-33-21-9-6-19(7-10-21)27(31)36-23-11-5-18(14-24(23)32-2)16-28-29-26(30)20-8-12-22-25(15-20)35-17-34-22/h5-12,14-16H,3-4,13,17H2,1-2H3,(H,29,30)/b28-16-. The number of hydrogen-bond donors (Lipinski definition) is 1.